The molecule has 13 heavy (non-hydrogen) atoms. The van der Waals surface area contributed by atoms with Crippen LogP contribution in [0.5, 0.6) is 0 Å². The van der Waals surface area contributed by atoms with Crippen molar-refractivity contribution in [3.8, 4) is 0 Å². The van der Waals surface area contributed by atoms with Gasteiger partial charge in [0.2, 0.25) is 0 Å². The van der Waals surface area contributed by atoms with E-state index in [-0.39, 0.29) is 11.9 Å². The molecule has 72 valence electrons. The topological polar surface area (TPSA) is 35.2 Å². The molecule has 0 aromatic heterocycles. The van der Waals surface area contributed by atoms with Gasteiger partial charge in [-0.05, 0) is 24.6 Å². The lowest BCUT2D eigenvalue weighted by Crippen LogP contribution is -2.08. The van der Waals surface area contributed by atoms with Crippen molar-refractivity contribution in [2.45, 2.75) is 19.6 Å². The first-order chi connectivity index (χ1) is 6.15. The zero-order valence-corrected chi connectivity index (χ0v) is 7.88. The Kier molecular flexibility index (Phi) is 3.39. The van der Waals surface area contributed by atoms with E-state index in [1.807, 2.05) is 0 Å². The minimum Gasteiger partial charge on any atom is -0.380 e. The van der Waals surface area contributed by atoms with Crippen molar-refractivity contribution in [1.29, 1.82) is 0 Å². The summed E-state index contributed by atoms with van der Waals surface area (Å²) in [6.07, 6.45) is 0. The molecule has 0 aliphatic heterocycles. The smallest absolute Gasteiger partial charge is 0.127 e. The van der Waals surface area contributed by atoms with Gasteiger partial charge in [-0.3, -0.25) is 0 Å². The van der Waals surface area contributed by atoms with E-state index in [1.54, 1.807) is 26.2 Å². The summed E-state index contributed by atoms with van der Waals surface area (Å²) in [6, 6.07) is 4.58. The van der Waals surface area contributed by atoms with Crippen LogP contribution < -0.4 is 5.73 Å². The van der Waals surface area contributed by atoms with Crippen LogP contribution in [0.2, 0.25) is 0 Å². The average Bonchev–Trinajstić information content (AvgIpc) is 2.08. The van der Waals surface area contributed by atoms with Crippen molar-refractivity contribution in [2.75, 3.05) is 7.11 Å². The van der Waals surface area contributed by atoms with Gasteiger partial charge in [-0.1, -0.05) is 6.07 Å². The second-order valence-electron chi connectivity index (χ2n) is 3.08. The van der Waals surface area contributed by atoms with E-state index >= 15 is 0 Å². The number of benzene rings is 1. The summed E-state index contributed by atoms with van der Waals surface area (Å²) in [4.78, 5) is 0. The molecule has 2 N–H and O–H groups in total. The lowest BCUT2D eigenvalue weighted by atomic mass is 10.1. The molecule has 1 rings (SSSR count). The Balaban J connectivity index is 2.97. The van der Waals surface area contributed by atoms with E-state index in [9.17, 15) is 4.39 Å². The van der Waals surface area contributed by atoms with Gasteiger partial charge in [0, 0.05) is 18.7 Å². The fourth-order valence-corrected chi connectivity index (χ4v) is 1.20. The summed E-state index contributed by atoms with van der Waals surface area (Å²) in [6.45, 7) is 2.25. The zero-order valence-electron chi connectivity index (χ0n) is 7.88. The van der Waals surface area contributed by atoms with Gasteiger partial charge >= 0.3 is 0 Å². The number of nitrogens with two attached hydrogens (primary N) is 1. The van der Waals surface area contributed by atoms with Crippen LogP contribution in [0.25, 0.3) is 0 Å². The Bertz CT molecular complexity index is 286. The maximum Gasteiger partial charge on any atom is 0.127 e. The number of methoxy groups -OCH3 is 1. The lowest BCUT2D eigenvalue weighted by molar-refractivity contribution is 0.184. The van der Waals surface area contributed by atoms with Crippen molar-refractivity contribution in [3.63, 3.8) is 0 Å². The summed E-state index contributed by atoms with van der Waals surface area (Å²) in [5.41, 5.74) is 7.08. The number of hydrogen-bond donors (Lipinski definition) is 1. The molecular weight excluding hydrogens is 169 g/mol. The standard InChI is InChI=1S/C10H14FNO/c1-7(12)9-5-8(6-13-2)3-4-10(9)11/h3-5,7H,6,12H2,1-2H3. The molecular formula is C10H14FNO. The second-order valence-corrected chi connectivity index (χ2v) is 3.08. The third kappa shape index (κ3) is 2.50. The van der Waals surface area contributed by atoms with Crippen molar-refractivity contribution in [1.82, 2.24) is 0 Å². The van der Waals surface area contributed by atoms with Crippen LogP contribution in [-0.4, -0.2) is 7.11 Å². The molecule has 0 bridgehead atoms. The molecule has 0 spiro atoms. The molecule has 2 nitrogen and oxygen atoms in total. The molecule has 0 saturated heterocycles. The van der Waals surface area contributed by atoms with E-state index in [1.165, 1.54) is 6.07 Å². The molecule has 0 aliphatic carbocycles. The predicted molar refractivity (Wildman–Crippen MR) is 49.7 cm³/mol. The van der Waals surface area contributed by atoms with E-state index in [4.69, 9.17) is 10.5 Å². The normalized spacial score (nSPS) is 12.9. The highest BCUT2D eigenvalue weighted by Gasteiger charge is 2.07. The highest BCUT2D eigenvalue weighted by atomic mass is 19.1. The Morgan fingerprint density at radius 2 is 2.23 bits per heavy atom. The van der Waals surface area contributed by atoms with Crippen molar-refractivity contribution in [3.05, 3.63) is 35.1 Å². The summed E-state index contributed by atoms with van der Waals surface area (Å²) in [5, 5.41) is 0. The minimum atomic E-state index is -0.281. The third-order valence-corrected chi connectivity index (χ3v) is 1.86. The van der Waals surface area contributed by atoms with Crippen LogP contribution in [0.3, 0.4) is 0 Å². The van der Waals surface area contributed by atoms with Crippen LogP contribution in [0.15, 0.2) is 18.2 Å². The largest absolute Gasteiger partial charge is 0.380 e. The molecule has 0 aliphatic rings. The highest BCUT2D eigenvalue weighted by molar-refractivity contribution is 5.26. The minimum absolute atomic E-state index is 0.255. The summed E-state index contributed by atoms with van der Waals surface area (Å²) >= 11 is 0. The Morgan fingerprint density at radius 1 is 1.54 bits per heavy atom. The zero-order chi connectivity index (χ0) is 9.84. The van der Waals surface area contributed by atoms with Gasteiger partial charge < -0.3 is 10.5 Å². The molecule has 0 heterocycles. The van der Waals surface area contributed by atoms with Gasteiger partial charge in [0.1, 0.15) is 5.82 Å². The van der Waals surface area contributed by atoms with Gasteiger partial charge in [0.25, 0.3) is 0 Å². The van der Waals surface area contributed by atoms with Crippen LogP contribution >= 0.6 is 0 Å². The van der Waals surface area contributed by atoms with Crippen molar-refractivity contribution in [2.24, 2.45) is 5.73 Å². The van der Waals surface area contributed by atoms with Gasteiger partial charge in [-0.25, -0.2) is 4.39 Å². The molecule has 1 unspecified atom stereocenters. The number of halogens is 1. The van der Waals surface area contributed by atoms with Crippen LogP contribution in [0, 0.1) is 5.82 Å². The second kappa shape index (κ2) is 4.35. The number of rotatable bonds is 3. The first-order valence-electron chi connectivity index (χ1n) is 4.18. The number of ether oxygens (including phenoxy) is 1. The van der Waals surface area contributed by atoms with E-state index in [2.05, 4.69) is 0 Å². The molecule has 0 fully saturated rings. The Labute approximate surface area is 77.5 Å². The fraction of sp³-hybridized carbons (Fsp3) is 0.400. The molecule has 0 amide bonds. The molecule has 1 aromatic rings. The Morgan fingerprint density at radius 3 is 2.77 bits per heavy atom. The van der Waals surface area contributed by atoms with Crippen molar-refractivity contribution >= 4 is 0 Å². The molecule has 3 heteroatoms. The summed E-state index contributed by atoms with van der Waals surface area (Å²) < 4.78 is 18.1. The molecule has 0 saturated carbocycles. The van der Waals surface area contributed by atoms with Gasteiger partial charge in [-0.15, -0.1) is 0 Å². The average molecular weight is 183 g/mol. The van der Waals surface area contributed by atoms with Gasteiger partial charge in [-0.2, -0.15) is 0 Å². The van der Waals surface area contributed by atoms with Crippen LogP contribution in [-0.2, 0) is 11.3 Å². The van der Waals surface area contributed by atoms with Gasteiger partial charge in [0.05, 0.1) is 6.61 Å². The highest BCUT2D eigenvalue weighted by Crippen LogP contribution is 2.16. The SMILES string of the molecule is COCc1ccc(F)c(C(C)N)c1. The van der Waals surface area contributed by atoms with E-state index < -0.39 is 0 Å². The van der Waals surface area contributed by atoms with E-state index in [0.29, 0.717) is 12.2 Å². The summed E-state index contributed by atoms with van der Waals surface area (Å²) in [5.74, 6) is -0.255. The quantitative estimate of drug-likeness (QED) is 0.777. The summed E-state index contributed by atoms with van der Waals surface area (Å²) in [7, 11) is 1.61. The first-order valence-corrected chi connectivity index (χ1v) is 4.18. The van der Waals surface area contributed by atoms with Gasteiger partial charge in [0.15, 0.2) is 0 Å². The Hall–Kier alpha value is -0.930. The molecule has 0 radical (unpaired) electrons. The maximum atomic E-state index is 13.1. The predicted octanol–water partition coefficient (Wildman–Crippen LogP) is 1.99. The lowest BCUT2D eigenvalue weighted by Gasteiger charge is -2.09. The number of hydrogen-bond acceptors (Lipinski definition) is 2. The van der Waals surface area contributed by atoms with Crippen molar-refractivity contribution < 1.29 is 9.13 Å². The van der Waals surface area contributed by atoms with Crippen LogP contribution in [0.1, 0.15) is 24.1 Å². The fourth-order valence-electron chi connectivity index (χ4n) is 1.20. The van der Waals surface area contributed by atoms with E-state index in [0.717, 1.165) is 5.56 Å². The third-order valence-electron chi connectivity index (χ3n) is 1.86. The molecule has 1 atom stereocenters. The monoisotopic (exact) mass is 183 g/mol. The van der Waals surface area contributed by atoms with Crippen LogP contribution in [0.4, 0.5) is 4.39 Å². The molecule has 1 aromatic carbocycles. The first kappa shape index (κ1) is 10.2. The maximum absolute atomic E-state index is 13.1.